The number of sulfone groups is 1. The number of carbonyl (C=O) groups is 1. The van der Waals surface area contributed by atoms with E-state index in [4.69, 9.17) is 11.6 Å². The van der Waals surface area contributed by atoms with Crippen LogP contribution in [0.15, 0.2) is 47.8 Å². The van der Waals surface area contributed by atoms with Gasteiger partial charge in [-0.05, 0) is 32.0 Å². The van der Waals surface area contributed by atoms with Gasteiger partial charge >= 0.3 is 0 Å². The number of halogens is 1. The Morgan fingerprint density at radius 3 is 2.44 bits per heavy atom. The number of aliphatic hydroxyl groups is 1. The first-order chi connectivity index (χ1) is 14.8. The SMILES string of the molecule is CC(=O)Nc1cc(Nc2cccc(S(C)(=O)=O)n2)c(-c2cc(Cl)c(C(C)(C)O)cn2)cn1. The Morgan fingerprint density at radius 1 is 1.12 bits per heavy atom. The van der Waals surface area contributed by atoms with Gasteiger partial charge in [0.05, 0.1) is 22.0 Å². The lowest BCUT2D eigenvalue weighted by Crippen LogP contribution is -2.16. The summed E-state index contributed by atoms with van der Waals surface area (Å²) in [5.41, 5.74) is 0.721. The molecule has 0 saturated carbocycles. The maximum Gasteiger partial charge on any atom is 0.222 e. The van der Waals surface area contributed by atoms with Crippen molar-refractivity contribution in [3.05, 3.63) is 53.3 Å². The topological polar surface area (TPSA) is 134 Å². The van der Waals surface area contributed by atoms with Gasteiger partial charge in [0.15, 0.2) is 14.9 Å². The fraction of sp³-hybridized carbons (Fsp3) is 0.238. The Balaban J connectivity index is 2.10. The summed E-state index contributed by atoms with van der Waals surface area (Å²) in [6.07, 6.45) is 4.05. The molecule has 0 saturated heterocycles. The van der Waals surface area contributed by atoms with Gasteiger partial charge in [0, 0.05) is 42.8 Å². The van der Waals surface area contributed by atoms with Gasteiger partial charge in [0.25, 0.3) is 0 Å². The van der Waals surface area contributed by atoms with E-state index in [2.05, 4.69) is 25.6 Å². The van der Waals surface area contributed by atoms with E-state index >= 15 is 0 Å². The van der Waals surface area contributed by atoms with Gasteiger partial charge in [-0.25, -0.2) is 18.4 Å². The molecule has 3 heterocycles. The Kier molecular flexibility index (Phi) is 6.49. The molecule has 3 aromatic rings. The molecule has 0 aromatic carbocycles. The van der Waals surface area contributed by atoms with E-state index in [1.807, 2.05) is 0 Å². The smallest absolute Gasteiger partial charge is 0.222 e. The molecule has 0 aliphatic rings. The van der Waals surface area contributed by atoms with Gasteiger partial charge in [0.1, 0.15) is 11.6 Å². The first-order valence-corrected chi connectivity index (χ1v) is 11.7. The number of hydrogen-bond donors (Lipinski definition) is 3. The molecule has 0 aliphatic heterocycles. The van der Waals surface area contributed by atoms with Crippen molar-refractivity contribution in [2.45, 2.75) is 31.4 Å². The number of nitrogens with one attached hydrogen (secondary N) is 2. The summed E-state index contributed by atoms with van der Waals surface area (Å²) in [4.78, 5) is 24.2. The lowest BCUT2D eigenvalue weighted by Gasteiger charge is -2.20. The highest BCUT2D eigenvalue weighted by molar-refractivity contribution is 7.90. The molecule has 0 spiro atoms. The summed E-state index contributed by atoms with van der Waals surface area (Å²) in [5, 5.41) is 16.1. The number of carbonyl (C=O) groups excluding carboxylic acids is 1. The number of aromatic nitrogens is 3. The van der Waals surface area contributed by atoms with Crippen LogP contribution in [0.25, 0.3) is 11.3 Å². The normalized spacial score (nSPS) is 11.8. The summed E-state index contributed by atoms with van der Waals surface area (Å²) < 4.78 is 23.7. The van der Waals surface area contributed by atoms with Crippen molar-refractivity contribution in [1.82, 2.24) is 15.0 Å². The van der Waals surface area contributed by atoms with Gasteiger partial charge in [0.2, 0.25) is 5.91 Å². The van der Waals surface area contributed by atoms with Crippen LogP contribution in [0.2, 0.25) is 5.02 Å². The molecule has 3 rings (SSSR count). The largest absolute Gasteiger partial charge is 0.386 e. The molecule has 0 aliphatic carbocycles. The zero-order valence-corrected chi connectivity index (χ0v) is 19.4. The van der Waals surface area contributed by atoms with E-state index in [9.17, 15) is 18.3 Å². The Morgan fingerprint density at radius 2 is 1.84 bits per heavy atom. The van der Waals surface area contributed by atoms with Crippen LogP contribution in [0.3, 0.4) is 0 Å². The molecule has 11 heteroatoms. The maximum atomic E-state index is 11.9. The first-order valence-electron chi connectivity index (χ1n) is 9.45. The maximum absolute atomic E-state index is 11.9. The van der Waals surface area contributed by atoms with Gasteiger partial charge < -0.3 is 15.7 Å². The van der Waals surface area contributed by atoms with Gasteiger partial charge in [-0.15, -0.1) is 0 Å². The third-order valence-corrected chi connectivity index (χ3v) is 5.66. The van der Waals surface area contributed by atoms with E-state index in [0.29, 0.717) is 27.5 Å². The molecule has 32 heavy (non-hydrogen) atoms. The monoisotopic (exact) mass is 475 g/mol. The third kappa shape index (κ3) is 5.58. The van der Waals surface area contributed by atoms with Gasteiger partial charge in [-0.2, -0.15) is 0 Å². The summed E-state index contributed by atoms with van der Waals surface area (Å²) in [6.45, 7) is 4.57. The van der Waals surface area contributed by atoms with Crippen LogP contribution >= 0.6 is 11.6 Å². The highest BCUT2D eigenvalue weighted by Gasteiger charge is 2.21. The molecule has 0 bridgehead atoms. The summed E-state index contributed by atoms with van der Waals surface area (Å²) in [5.74, 6) is 0.250. The minimum atomic E-state index is -3.50. The molecule has 1 amide bonds. The Bertz CT molecular complexity index is 1290. The molecule has 0 unspecified atom stereocenters. The standard InChI is InChI=1S/C21H22ClN5O4S/c1-12(28)25-19-9-17(26-18-6-5-7-20(27-18)32(4,30)31)13(10-24-19)16-8-15(22)14(11-23-16)21(2,3)29/h5-11,29H,1-4H3,(H2,24,25,26,27,28). The minimum absolute atomic E-state index is 0.0871. The number of amides is 1. The quantitative estimate of drug-likeness (QED) is 0.493. The number of hydrogen-bond acceptors (Lipinski definition) is 8. The Hall–Kier alpha value is -3.08. The number of rotatable bonds is 6. The third-order valence-electron chi connectivity index (χ3n) is 4.36. The number of anilines is 3. The lowest BCUT2D eigenvalue weighted by molar-refractivity contribution is -0.114. The molecule has 3 aromatic heterocycles. The molecule has 168 valence electrons. The van der Waals surface area contributed by atoms with Crippen LogP contribution in [0.1, 0.15) is 26.3 Å². The molecule has 0 fully saturated rings. The minimum Gasteiger partial charge on any atom is -0.386 e. The summed E-state index contributed by atoms with van der Waals surface area (Å²) in [6, 6.07) is 7.73. The van der Waals surface area contributed by atoms with Crippen LogP contribution in [0.5, 0.6) is 0 Å². The fourth-order valence-corrected chi connectivity index (χ4v) is 3.84. The van der Waals surface area contributed by atoms with E-state index in [0.717, 1.165) is 6.26 Å². The molecule has 0 atom stereocenters. The van der Waals surface area contributed by atoms with Crippen LogP contribution in [-0.4, -0.2) is 40.6 Å². The molecule has 9 nitrogen and oxygen atoms in total. The zero-order chi connectivity index (χ0) is 23.7. The average molecular weight is 476 g/mol. The van der Waals surface area contributed by atoms with Crippen molar-refractivity contribution in [3.63, 3.8) is 0 Å². The lowest BCUT2D eigenvalue weighted by atomic mass is 9.99. The Labute approximate surface area is 190 Å². The predicted octanol–water partition coefficient (Wildman–Crippen LogP) is 3.52. The van der Waals surface area contributed by atoms with Crippen molar-refractivity contribution >= 4 is 44.7 Å². The zero-order valence-electron chi connectivity index (χ0n) is 17.8. The summed E-state index contributed by atoms with van der Waals surface area (Å²) >= 11 is 6.37. The number of pyridine rings is 3. The van der Waals surface area contributed by atoms with E-state index in [-0.39, 0.29) is 22.6 Å². The van der Waals surface area contributed by atoms with Crippen molar-refractivity contribution in [3.8, 4) is 11.3 Å². The van der Waals surface area contributed by atoms with Crippen LogP contribution in [0, 0.1) is 0 Å². The predicted molar refractivity (Wildman–Crippen MR) is 123 cm³/mol. The van der Waals surface area contributed by atoms with Crippen LogP contribution in [-0.2, 0) is 20.2 Å². The fourth-order valence-electron chi connectivity index (χ4n) is 2.87. The molecule has 0 radical (unpaired) electrons. The molecular weight excluding hydrogens is 454 g/mol. The van der Waals surface area contributed by atoms with E-state index < -0.39 is 15.4 Å². The second-order valence-electron chi connectivity index (χ2n) is 7.66. The van der Waals surface area contributed by atoms with Crippen LogP contribution < -0.4 is 10.6 Å². The number of nitrogens with zero attached hydrogens (tertiary/aromatic N) is 3. The van der Waals surface area contributed by atoms with Crippen molar-refractivity contribution < 1.29 is 18.3 Å². The van der Waals surface area contributed by atoms with Crippen molar-refractivity contribution in [2.75, 3.05) is 16.9 Å². The average Bonchev–Trinajstić information content (AvgIpc) is 2.66. The molecule has 3 N–H and O–H groups in total. The van der Waals surface area contributed by atoms with Gasteiger partial charge in [-0.3, -0.25) is 9.78 Å². The highest BCUT2D eigenvalue weighted by atomic mass is 35.5. The highest BCUT2D eigenvalue weighted by Crippen LogP contribution is 2.34. The molecular formula is C21H22ClN5O4S. The van der Waals surface area contributed by atoms with Crippen LogP contribution in [0.4, 0.5) is 17.3 Å². The second kappa shape index (κ2) is 8.81. The second-order valence-corrected chi connectivity index (χ2v) is 10.0. The van der Waals surface area contributed by atoms with Crippen molar-refractivity contribution in [2.24, 2.45) is 0 Å². The van der Waals surface area contributed by atoms with Gasteiger partial charge in [-0.1, -0.05) is 17.7 Å². The van der Waals surface area contributed by atoms with E-state index in [1.54, 1.807) is 38.1 Å². The first kappa shape index (κ1) is 23.6. The summed E-state index contributed by atoms with van der Waals surface area (Å²) in [7, 11) is -3.50. The van der Waals surface area contributed by atoms with Crippen molar-refractivity contribution in [1.29, 1.82) is 0 Å². The van der Waals surface area contributed by atoms with E-state index in [1.165, 1.54) is 25.4 Å².